The predicted octanol–water partition coefficient (Wildman–Crippen LogP) is 2.54. The number of imide groups is 1. The Morgan fingerprint density at radius 2 is 1.76 bits per heavy atom. The number of anilines is 1. The van der Waals surface area contributed by atoms with Gasteiger partial charge in [-0.2, -0.15) is 0 Å². The number of aliphatic carboxylic acids is 1. The molecule has 0 aromatic heterocycles. The number of carbonyl (C=O) groups is 3. The van der Waals surface area contributed by atoms with E-state index in [1.54, 1.807) is 6.07 Å². The lowest BCUT2D eigenvalue weighted by atomic mass is 10.1. The standard InChI is InChI=1S/C15H20N2O4/c1-2-11-7-3-4-8-12(11)16-15(21)17-13(18)9-5-6-10-14(19)20/h3-4,7-8H,2,5-6,9-10H2,1H3,(H,19,20)(H2,16,17,18,21). The average molecular weight is 292 g/mol. The Hall–Kier alpha value is -2.37. The van der Waals surface area contributed by atoms with Gasteiger partial charge in [-0.25, -0.2) is 4.79 Å². The highest BCUT2D eigenvalue weighted by Gasteiger charge is 2.09. The molecule has 0 aliphatic heterocycles. The molecule has 0 saturated carbocycles. The maximum absolute atomic E-state index is 11.7. The molecule has 21 heavy (non-hydrogen) atoms. The maximum Gasteiger partial charge on any atom is 0.325 e. The second-order valence-electron chi connectivity index (χ2n) is 4.61. The highest BCUT2D eigenvalue weighted by Crippen LogP contribution is 2.15. The summed E-state index contributed by atoms with van der Waals surface area (Å²) in [5, 5.41) is 13.3. The molecule has 0 fully saturated rings. The number of benzene rings is 1. The molecule has 0 heterocycles. The summed E-state index contributed by atoms with van der Waals surface area (Å²) in [4.78, 5) is 33.5. The molecule has 0 aliphatic rings. The average Bonchev–Trinajstić information content (AvgIpc) is 2.44. The number of amides is 3. The van der Waals surface area contributed by atoms with E-state index in [1.807, 2.05) is 25.1 Å². The minimum Gasteiger partial charge on any atom is -0.481 e. The second kappa shape index (κ2) is 8.73. The summed E-state index contributed by atoms with van der Waals surface area (Å²) in [6, 6.07) is 6.80. The van der Waals surface area contributed by atoms with Gasteiger partial charge < -0.3 is 10.4 Å². The molecule has 0 radical (unpaired) electrons. The molecule has 1 aromatic carbocycles. The van der Waals surface area contributed by atoms with E-state index in [1.165, 1.54) is 0 Å². The number of nitrogens with one attached hydrogen (secondary N) is 2. The van der Waals surface area contributed by atoms with Crippen LogP contribution in [-0.2, 0) is 16.0 Å². The minimum absolute atomic E-state index is 0.0311. The van der Waals surface area contributed by atoms with E-state index in [9.17, 15) is 14.4 Å². The summed E-state index contributed by atoms with van der Waals surface area (Å²) >= 11 is 0. The number of aryl methyl sites for hydroxylation is 1. The zero-order valence-corrected chi connectivity index (χ0v) is 12.0. The first-order valence-corrected chi connectivity index (χ1v) is 6.93. The monoisotopic (exact) mass is 292 g/mol. The molecule has 0 bridgehead atoms. The van der Waals surface area contributed by atoms with Gasteiger partial charge in [0.1, 0.15) is 0 Å². The van der Waals surface area contributed by atoms with Crippen LogP contribution in [0.25, 0.3) is 0 Å². The van der Waals surface area contributed by atoms with Crippen LogP contribution in [0.15, 0.2) is 24.3 Å². The lowest BCUT2D eigenvalue weighted by molar-refractivity contribution is -0.137. The van der Waals surface area contributed by atoms with Crippen molar-refractivity contribution in [1.29, 1.82) is 0 Å². The molecule has 3 N–H and O–H groups in total. The number of urea groups is 1. The summed E-state index contributed by atoms with van der Waals surface area (Å²) in [5.41, 5.74) is 1.66. The Balaban J connectivity index is 2.36. The predicted molar refractivity (Wildman–Crippen MR) is 79.1 cm³/mol. The fraction of sp³-hybridized carbons (Fsp3) is 0.400. The van der Waals surface area contributed by atoms with Gasteiger partial charge in [0.15, 0.2) is 0 Å². The number of para-hydroxylation sites is 1. The molecular formula is C15H20N2O4. The Labute approximate surface area is 123 Å². The van der Waals surface area contributed by atoms with Crippen molar-refractivity contribution >= 4 is 23.6 Å². The highest BCUT2D eigenvalue weighted by molar-refractivity contribution is 6.01. The smallest absolute Gasteiger partial charge is 0.325 e. The Kier molecular flexibility index (Phi) is 6.94. The van der Waals surface area contributed by atoms with Gasteiger partial charge in [-0.3, -0.25) is 14.9 Å². The normalized spacial score (nSPS) is 9.95. The first-order chi connectivity index (χ1) is 10.0. The number of rotatable bonds is 7. The van der Waals surface area contributed by atoms with Gasteiger partial charge in [0, 0.05) is 18.5 Å². The molecule has 0 aliphatic carbocycles. The molecule has 0 atom stereocenters. The summed E-state index contributed by atoms with van der Waals surface area (Å²) in [6.07, 6.45) is 1.80. The van der Waals surface area contributed by atoms with Gasteiger partial charge in [-0.1, -0.05) is 25.1 Å². The number of hydrogen-bond donors (Lipinski definition) is 3. The van der Waals surface area contributed by atoms with Crippen LogP contribution in [0.1, 0.15) is 38.2 Å². The van der Waals surface area contributed by atoms with Gasteiger partial charge in [-0.05, 0) is 30.9 Å². The third kappa shape index (κ3) is 6.56. The van der Waals surface area contributed by atoms with Crippen molar-refractivity contribution in [1.82, 2.24) is 5.32 Å². The number of carboxylic acids is 1. The number of unbranched alkanes of at least 4 members (excludes halogenated alkanes) is 1. The fourth-order valence-corrected chi connectivity index (χ4v) is 1.86. The molecule has 0 spiro atoms. The first kappa shape index (κ1) is 16.7. The van der Waals surface area contributed by atoms with E-state index < -0.39 is 17.9 Å². The summed E-state index contributed by atoms with van der Waals surface area (Å²) in [6.45, 7) is 1.98. The maximum atomic E-state index is 11.7. The van der Waals surface area contributed by atoms with Crippen molar-refractivity contribution in [3.63, 3.8) is 0 Å². The third-order valence-electron chi connectivity index (χ3n) is 2.94. The third-order valence-corrected chi connectivity index (χ3v) is 2.94. The van der Waals surface area contributed by atoms with Crippen LogP contribution in [0, 0.1) is 0 Å². The molecule has 114 valence electrons. The summed E-state index contributed by atoms with van der Waals surface area (Å²) in [7, 11) is 0. The van der Waals surface area contributed by atoms with E-state index >= 15 is 0 Å². The van der Waals surface area contributed by atoms with Gasteiger partial charge >= 0.3 is 12.0 Å². The lowest BCUT2D eigenvalue weighted by Crippen LogP contribution is -2.34. The molecule has 6 nitrogen and oxygen atoms in total. The zero-order chi connectivity index (χ0) is 15.7. The van der Waals surface area contributed by atoms with Crippen LogP contribution in [0.4, 0.5) is 10.5 Å². The number of carboxylic acid groups (broad SMARTS) is 1. The number of hydrogen-bond acceptors (Lipinski definition) is 3. The van der Waals surface area contributed by atoms with Gasteiger partial charge in [-0.15, -0.1) is 0 Å². The summed E-state index contributed by atoms with van der Waals surface area (Å²) in [5.74, 6) is -1.30. The molecule has 3 amide bonds. The molecule has 1 aromatic rings. The van der Waals surface area contributed by atoms with Crippen molar-refractivity contribution in [2.45, 2.75) is 39.0 Å². The van der Waals surface area contributed by atoms with Gasteiger partial charge in [0.05, 0.1) is 0 Å². The van der Waals surface area contributed by atoms with E-state index in [-0.39, 0.29) is 12.8 Å². The molecule has 0 unspecified atom stereocenters. The zero-order valence-electron chi connectivity index (χ0n) is 12.0. The largest absolute Gasteiger partial charge is 0.481 e. The van der Waals surface area contributed by atoms with Crippen molar-refractivity contribution < 1.29 is 19.5 Å². The van der Waals surface area contributed by atoms with Crippen LogP contribution in [0.5, 0.6) is 0 Å². The Bertz CT molecular complexity index is 514. The minimum atomic E-state index is -0.885. The Morgan fingerprint density at radius 3 is 2.43 bits per heavy atom. The quantitative estimate of drug-likeness (QED) is 0.673. The Morgan fingerprint density at radius 1 is 1.10 bits per heavy atom. The molecular weight excluding hydrogens is 272 g/mol. The molecule has 1 rings (SSSR count). The number of carbonyl (C=O) groups excluding carboxylic acids is 2. The van der Waals surface area contributed by atoms with Crippen LogP contribution >= 0.6 is 0 Å². The van der Waals surface area contributed by atoms with Crippen molar-refractivity contribution in [3.8, 4) is 0 Å². The van der Waals surface area contributed by atoms with Gasteiger partial charge in [0.2, 0.25) is 5.91 Å². The van der Waals surface area contributed by atoms with Crippen LogP contribution in [-0.4, -0.2) is 23.0 Å². The fourth-order valence-electron chi connectivity index (χ4n) is 1.86. The van der Waals surface area contributed by atoms with E-state index in [4.69, 9.17) is 5.11 Å². The van der Waals surface area contributed by atoms with E-state index in [0.29, 0.717) is 18.5 Å². The topological polar surface area (TPSA) is 95.5 Å². The SMILES string of the molecule is CCc1ccccc1NC(=O)NC(=O)CCCCC(=O)O. The summed E-state index contributed by atoms with van der Waals surface area (Å²) < 4.78 is 0. The van der Waals surface area contributed by atoms with Crippen molar-refractivity contribution in [2.75, 3.05) is 5.32 Å². The molecule has 6 heteroatoms. The van der Waals surface area contributed by atoms with E-state index in [2.05, 4.69) is 10.6 Å². The second-order valence-corrected chi connectivity index (χ2v) is 4.61. The van der Waals surface area contributed by atoms with Crippen molar-refractivity contribution in [3.05, 3.63) is 29.8 Å². The van der Waals surface area contributed by atoms with Crippen LogP contribution in [0.2, 0.25) is 0 Å². The van der Waals surface area contributed by atoms with Crippen LogP contribution < -0.4 is 10.6 Å². The first-order valence-electron chi connectivity index (χ1n) is 6.93. The van der Waals surface area contributed by atoms with Crippen LogP contribution in [0.3, 0.4) is 0 Å². The molecule has 0 saturated heterocycles. The van der Waals surface area contributed by atoms with Crippen molar-refractivity contribution in [2.24, 2.45) is 0 Å². The highest BCUT2D eigenvalue weighted by atomic mass is 16.4. The van der Waals surface area contributed by atoms with Gasteiger partial charge in [0.25, 0.3) is 0 Å². The van der Waals surface area contributed by atoms with E-state index in [0.717, 1.165) is 12.0 Å². The lowest BCUT2D eigenvalue weighted by Gasteiger charge is -2.10.